The standard InChI is InChI=1S/C14H19N3O2S2/c1-8-11(21-14(20)15-8)6-13(19)17-7-12(18)16-9-4-2-3-5-10(9)17/h9-10H,2-7H2,1H3,(H,15,20)(H,16,18)/t9-,10-/m1/s1. The normalized spacial score (nSPS) is 25.4. The summed E-state index contributed by atoms with van der Waals surface area (Å²) in [5, 5.41) is 3.03. The van der Waals surface area contributed by atoms with Gasteiger partial charge in [0.15, 0.2) is 3.95 Å². The summed E-state index contributed by atoms with van der Waals surface area (Å²) in [5.74, 6) is 0.0000207. The predicted octanol–water partition coefficient (Wildman–Crippen LogP) is 1.93. The number of nitrogens with zero attached hydrogens (tertiary/aromatic N) is 1. The Kier molecular flexibility index (Phi) is 4.12. The summed E-state index contributed by atoms with van der Waals surface area (Å²) in [4.78, 5) is 30.3. The van der Waals surface area contributed by atoms with Gasteiger partial charge in [-0.05, 0) is 32.0 Å². The summed E-state index contributed by atoms with van der Waals surface area (Å²) in [7, 11) is 0. The van der Waals surface area contributed by atoms with E-state index in [2.05, 4.69) is 10.3 Å². The van der Waals surface area contributed by atoms with Gasteiger partial charge in [0.05, 0.1) is 19.0 Å². The number of aromatic nitrogens is 1. The maximum absolute atomic E-state index is 12.6. The molecule has 1 aromatic rings. The van der Waals surface area contributed by atoms with Crippen molar-refractivity contribution in [2.24, 2.45) is 0 Å². The monoisotopic (exact) mass is 325 g/mol. The Bertz CT molecular complexity index is 622. The molecule has 7 heteroatoms. The number of carbonyl (C=O) groups is 2. The maximum atomic E-state index is 12.6. The van der Waals surface area contributed by atoms with Crippen LogP contribution in [0.1, 0.15) is 36.3 Å². The van der Waals surface area contributed by atoms with Crippen LogP contribution in [0.5, 0.6) is 0 Å². The number of fused-ring (bicyclic) bond motifs is 1. The highest BCUT2D eigenvalue weighted by Gasteiger charge is 2.38. The van der Waals surface area contributed by atoms with Crippen LogP contribution in [-0.2, 0) is 16.0 Å². The van der Waals surface area contributed by atoms with Crippen molar-refractivity contribution >= 4 is 35.4 Å². The molecule has 1 aliphatic carbocycles. The van der Waals surface area contributed by atoms with Crippen molar-refractivity contribution in [3.05, 3.63) is 14.5 Å². The lowest BCUT2D eigenvalue weighted by molar-refractivity contribution is -0.143. The van der Waals surface area contributed by atoms with Gasteiger partial charge < -0.3 is 15.2 Å². The lowest BCUT2D eigenvalue weighted by atomic mass is 9.87. The second-order valence-electron chi connectivity index (χ2n) is 5.79. The Morgan fingerprint density at radius 3 is 2.90 bits per heavy atom. The van der Waals surface area contributed by atoms with E-state index in [4.69, 9.17) is 12.2 Å². The van der Waals surface area contributed by atoms with E-state index in [1.807, 2.05) is 6.92 Å². The van der Waals surface area contributed by atoms with Crippen molar-refractivity contribution in [2.45, 2.75) is 51.1 Å². The molecule has 114 valence electrons. The van der Waals surface area contributed by atoms with Gasteiger partial charge in [0.1, 0.15) is 0 Å². The minimum Gasteiger partial charge on any atom is -0.350 e. The smallest absolute Gasteiger partial charge is 0.239 e. The Morgan fingerprint density at radius 2 is 2.19 bits per heavy atom. The van der Waals surface area contributed by atoms with Gasteiger partial charge >= 0.3 is 0 Å². The van der Waals surface area contributed by atoms with Crippen molar-refractivity contribution in [1.82, 2.24) is 15.2 Å². The number of aryl methyl sites for hydroxylation is 1. The molecule has 0 radical (unpaired) electrons. The van der Waals surface area contributed by atoms with E-state index < -0.39 is 0 Å². The number of carbonyl (C=O) groups excluding carboxylic acids is 2. The third kappa shape index (κ3) is 3.03. The lowest BCUT2D eigenvalue weighted by Crippen LogP contribution is -2.63. The number of hydrogen-bond acceptors (Lipinski definition) is 4. The van der Waals surface area contributed by atoms with Crippen LogP contribution >= 0.6 is 23.6 Å². The largest absolute Gasteiger partial charge is 0.350 e. The summed E-state index contributed by atoms with van der Waals surface area (Å²) in [6, 6.07) is 0.297. The molecule has 2 heterocycles. The van der Waals surface area contributed by atoms with Crippen LogP contribution in [0.25, 0.3) is 0 Å². The topological polar surface area (TPSA) is 65.2 Å². The SMILES string of the molecule is Cc1[nH]c(=S)sc1CC(=O)N1CC(=O)N[C@@H]2CCCC[C@H]21. The van der Waals surface area contributed by atoms with Crippen LogP contribution in [-0.4, -0.2) is 40.3 Å². The molecule has 0 unspecified atom stereocenters. The van der Waals surface area contributed by atoms with Crippen LogP contribution in [0.2, 0.25) is 0 Å². The first-order valence-corrected chi connectivity index (χ1v) is 8.54. The number of rotatable bonds is 2. The number of amides is 2. The number of aromatic amines is 1. The van der Waals surface area contributed by atoms with Gasteiger partial charge in [-0.3, -0.25) is 9.59 Å². The average molecular weight is 325 g/mol. The van der Waals surface area contributed by atoms with Crippen LogP contribution in [0.4, 0.5) is 0 Å². The van der Waals surface area contributed by atoms with E-state index in [1.54, 1.807) is 4.90 Å². The van der Waals surface area contributed by atoms with Gasteiger partial charge in [0, 0.05) is 16.6 Å². The summed E-state index contributed by atoms with van der Waals surface area (Å²) < 4.78 is 0.697. The molecule has 1 saturated heterocycles. The molecule has 21 heavy (non-hydrogen) atoms. The fourth-order valence-electron chi connectivity index (χ4n) is 3.29. The highest BCUT2D eigenvalue weighted by molar-refractivity contribution is 7.73. The fourth-order valence-corrected chi connectivity index (χ4v) is 4.58. The average Bonchev–Trinajstić information content (AvgIpc) is 2.75. The van der Waals surface area contributed by atoms with Gasteiger partial charge in [-0.15, -0.1) is 11.3 Å². The zero-order chi connectivity index (χ0) is 15.0. The van der Waals surface area contributed by atoms with E-state index >= 15 is 0 Å². The minimum atomic E-state index is -0.0371. The highest BCUT2D eigenvalue weighted by atomic mass is 32.1. The van der Waals surface area contributed by atoms with Gasteiger partial charge in [0.2, 0.25) is 11.8 Å². The van der Waals surface area contributed by atoms with Crippen molar-refractivity contribution in [2.75, 3.05) is 6.54 Å². The lowest BCUT2D eigenvalue weighted by Gasteiger charge is -2.44. The third-order valence-corrected chi connectivity index (χ3v) is 5.68. The second-order valence-corrected chi connectivity index (χ2v) is 7.56. The highest BCUT2D eigenvalue weighted by Crippen LogP contribution is 2.27. The zero-order valence-corrected chi connectivity index (χ0v) is 13.6. The molecule has 2 N–H and O–H groups in total. The van der Waals surface area contributed by atoms with Crippen LogP contribution in [0.15, 0.2) is 0 Å². The predicted molar refractivity (Wildman–Crippen MR) is 83.8 cm³/mol. The summed E-state index contributed by atoms with van der Waals surface area (Å²) in [6.45, 7) is 2.12. The molecule has 2 atom stereocenters. The van der Waals surface area contributed by atoms with Crippen LogP contribution < -0.4 is 5.32 Å². The summed E-state index contributed by atoms with van der Waals surface area (Å²) in [5.41, 5.74) is 0.958. The second kappa shape index (κ2) is 5.88. The van der Waals surface area contributed by atoms with E-state index in [9.17, 15) is 9.59 Å². The molecule has 2 amide bonds. The Labute approximate surface area is 132 Å². The van der Waals surface area contributed by atoms with E-state index in [-0.39, 0.29) is 30.4 Å². The molecule has 2 fully saturated rings. The van der Waals surface area contributed by atoms with E-state index in [0.29, 0.717) is 10.4 Å². The Morgan fingerprint density at radius 1 is 1.43 bits per heavy atom. The van der Waals surface area contributed by atoms with E-state index in [1.165, 1.54) is 11.3 Å². The van der Waals surface area contributed by atoms with Gasteiger partial charge in [0.25, 0.3) is 0 Å². The molecule has 3 rings (SSSR count). The fraction of sp³-hybridized carbons (Fsp3) is 0.643. The molecule has 0 aromatic carbocycles. The molecular weight excluding hydrogens is 306 g/mol. The number of piperazine rings is 1. The quantitative estimate of drug-likeness (QED) is 0.817. The van der Waals surface area contributed by atoms with Crippen molar-refractivity contribution < 1.29 is 9.59 Å². The summed E-state index contributed by atoms with van der Waals surface area (Å²) >= 11 is 6.56. The van der Waals surface area contributed by atoms with Gasteiger partial charge in [-0.2, -0.15) is 0 Å². The first-order chi connectivity index (χ1) is 10.0. The Hall–Kier alpha value is -1.21. The first kappa shape index (κ1) is 14.7. The molecule has 2 aliphatic rings. The molecule has 1 aromatic heterocycles. The molecule has 5 nitrogen and oxygen atoms in total. The first-order valence-electron chi connectivity index (χ1n) is 7.32. The van der Waals surface area contributed by atoms with Gasteiger partial charge in [-0.25, -0.2) is 0 Å². The molecular formula is C14H19N3O2S2. The number of nitrogens with one attached hydrogen (secondary N) is 2. The van der Waals surface area contributed by atoms with Crippen LogP contribution in [0, 0.1) is 10.9 Å². The number of hydrogen-bond donors (Lipinski definition) is 2. The molecule has 0 spiro atoms. The maximum Gasteiger partial charge on any atom is 0.239 e. The van der Waals surface area contributed by atoms with Crippen LogP contribution in [0.3, 0.4) is 0 Å². The molecule has 1 saturated carbocycles. The Balaban J connectivity index is 1.77. The van der Waals surface area contributed by atoms with Gasteiger partial charge in [-0.1, -0.05) is 12.8 Å². The van der Waals surface area contributed by atoms with Crippen molar-refractivity contribution in [3.8, 4) is 0 Å². The summed E-state index contributed by atoms with van der Waals surface area (Å²) in [6.07, 6.45) is 4.55. The van der Waals surface area contributed by atoms with E-state index in [0.717, 1.165) is 36.3 Å². The number of H-pyrrole nitrogens is 1. The molecule has 0 bridgehead atoms. The van der Waals surface area contributed by atoms with Crippen molar-refractivity contribution in [3.63, 3.8) is 0 Å². The third-order valence-electron chi connectivity index (χ3n) is 4.35. The molecule has 1 aliphatic heterocycles. The zero-order valence-electron chi connectivity index (χ0n) is 12.0. The number of thiazole rings is 1. The van der Waals surface area contributed by atoms with Crippen molar-refractivity contribution in [1.29, 1.82) is 0 Å². The minimum absolute atomic E-state index is 0.0371.